The van der Waals surface area contributed by atoms with Crippen LogP contribution >= 0.6 is 0 Å². The van der Waals surface area contributed by atoms with Crippen molar-refractivity contribution in [3.05, 3.63) is 48.0 Å². The fourth-order valence-corrected chi connectivity index (χ4v) is 3.63. The zero-order valence-electron chi connectivity index (χ0n) is 16.1. The van der Waals surface area contributed by atoms with Crippen LogP contribution in [-0.2, 0) is 10.7 Å². The van der Waals surface area contributed by atoms with Crippen molar-refractivity contribution in [3.63, 3.8) is 0 Å². The first-order valence-corrected chi connectivity index (χ1v) is 10.5. The van der Waals surface area contributed by atoms with Crippen LogP contribution in [0, 0.1) is 5.92 Å². The van der Waals surface area contributed by atoms with Gasteiger partial charge in [-0.3, -0.25) is 4.79 Å². The third kappa shape index (κ3) is 5.57. The summed E-state index contributed by atoms with van der Waals surface area (Å²) in [5.41, 5.74) is 3.47. The van der Waals surface area contributed by atoms with Crippen molar-refractivity contribution in [3.8, 4) is 16.9 Å². The first-order valence-electron chi connectivity index (χ1n) is 9.18. The lowest BCUT2D eigenvalue weighted by atomic mass is 9.99. The van der Waals surface area contributed by atoms with Gasteiger partial charge in [0, 0.05) is 36.3 Å². The van der Waals surface area contributed by atoms with Crippen molar-refractivity contribution < 1.29 is 17.9 Å². The van der Waals surface area contributed by atoms with E-state index in [1.807, 2.05) is 49.4 Å². The lowest BCUT2D eigenvalue weighted by molar-refractivity contribution is 0.111. The predicted molar refractivity (Wildman–Crippen MR) is 111 cm³/mol. The lowest BCUT2D eigenvalue weighted by Crippen LogP contribution is -2.23. The Morgan fingerprint density at radius 1 is 1.11 bits per heavy atom. The van der Waals surface area contributed by atoms with Gasteiger partial charge in [0.15, 0.2) is 6.29 Å². The molecular formula is C21H27NO4S. The van der Waals surface area contributed by atoms with Crippen LogP contribution in [0.5, 0.6) is 5.75 Å². The Morgan fingerprint density at radius 2 is 1.78 bits per heavy atom. The molecule has 0 radical (unpaired) electrons. The normalized spacial score (nSPS) is 12.0. The van der Waals surface area contributed by atoms with Crippen LogP contribution in [-0.4, -0.2) is 40.2 Å². The Kier molecular flexibility index (Phi) is 7.85. The number of anilines is 1. The summed E-state index contributed by atoms with van der Waals surface area (Å²) in [4.78, 5) is 13.9. The van der Waals surface area contributed by atoms with Crippen LogP contribution < -0.4 is 9.64 Å². The topological polar surface area (TPSA) is 63.7 Å². The fourth-order valence-electron chi connectivity index (χ4n) is 3.02. The van der Waals surface area contributed by atoms with Gasteiger partial charge < -0.3 is 9.64 Å². The van der Waals surface area contributed by atoms with Crippen molar-refractivity contribution in [2.75, 3.05) is 30.3 Å². The number of nitrogens with zero attached hydrogens (tertiary/aromatic N) is 1. The zero-order chi connectivity index (χ0) is 19.8. The second-order valence-electron chi connectivity index (χ2n) is 6.49. The van der Waals surface area contributed by atoms with Gasteiger partial charge in [-0.2, -0.15) is 0 Å². The largest absolute Gasteiger partial charge is 0.492 e. The Hall–Kier alpha value is -2.34. The first kappa shape index (κ1) is 21.0. The molecule has 0 aromatic heterocycles. The summed E-state index contributed by atoms with van der Waals surface area (Å²) in [6, 6.07) is 13.7. The number of thiol groups is 1. The average molecular weight is 390 g/mol. The Labute approximate surface area is 162 Å². The number of carbonyl (C=O) groups excluding carboxylic acids is 1. The van der Waals surface area contributed by atoms with E-state index in [4.69, 9.17) is 4.74 Å². The van der Waals surface area contributed by atoms with Gasteiger partial charge in [0.2, 0.25) is 0 Å². The van der Waals surface area contributed by atoms with Crippen LogP contribution in [0.3, 0.4) is 0 Å². The number of rotatable bonds is 10. The van der Waals surface area contributed by atoms with Crippen molar-refractivity contribution in [2.24, 2.45) is 5.92 Å². The molecule has 2 rings (SSSR count). The molecule has 2 aromatic rings. The lowest BCUT2D eigenvalue weighted by Gasteiger charge is -2.26. The van der Waals surface area contributed by atoms with E-state index < -0.39 is 10.7 Å². The van der Waals surface area contributed by atoms with Gasteiger partial charge in [0.25, 0.3) is 0 Å². The van der Waals surface area contributed by atoms with Gasteiger partial charge >= 0.3 is 0 Å². The summed E-state index contributed by atoms with van der Waals surface area (Å²) in [7, 11) is -2.45. The average Bonchev–Trinajstić information content (AvgIpc) is 2.67. The van der Waals surface area contributed by atoms with Gasteiger partial charge in [-0.05, 0) is 25.5 Å². The highest BCUT2D eigenvalue weighted by Gasteiger charge is 2.16. The third-order valence-corrected chi connectivity index (χ3v) is 5.35. The number of carbonyl (C=O) groups is 1. The summed E-state index contributed by atoms with van der Waals surface area (Å²) >= 11 is 0. The van der Waals surface area contributed by atoms with E-state index >= 15 is 0 Å². The van der Waals surface area contributed by atoms with Crippen LogP contribution in [0.15, 0.2) is 42.5 Å². The molecule has 146 valence electrons. The molecule has 0 fully saturated rings. The maximum atomic E-state index is 11.7. The van der Waals surface area contributed by atoms with Crippen LogP contribution in [0.2, 0.25) is 0 Å². The van der Waals surface area contributed by atoms with Crippen LogP contribution in [0.4, 0.5) is 5.69 Å². The van der Waals surface area contributed by atoms with Crippen molar-refractivity contribution in [2.45, 2.75) is 20.8 Å². The molecule has 6 heteroatoms. The molecule has 0 spiro atoms. The number of aldehydes is 1. The molecule has 27 heavy (non-hydrogen) atoms. The SMILES string of the molecule is CCN(CC)c1cc(OCC(C)C[SH](=O)=O)c(C=O)cc1-c1ccccc1. The maximum Gasteiger partial charge on any atom is 0.153 e. The Balaban J connectivity index is 2.46. The summed E-state index contributed by atoms with van der Waals surface area (Å²) in [6.45, 7) is 7.87. The highest BCUT2D eigenvalue weighted by Crippen LogP contribution is 2.36. The molecule has 1 unspecified atom stereocenters. The third-order valence-electron chi connectivity index (χ3n) is 4.43. The summed E-state index contributed by atoms with van der Waals surface area (Å²) in [5.74, 6) is 0.410. The second kappa shape index (κ2) is 10.1. The highest BCUT2D eigenvalue weighted by molar-refractivity contribution is 7.72. The molecule has 0 aliphatic carbocycles. The number of hydrogen-bond donors (Lipinski definition) is 1. The molecule has 0 bridgehead atoms. The summed E-state index contributed by atoms with van der Waals surface area (Å²) < 4.78 is 27.6. The molecule has 0 saturated heterocycles. The van der Waals surface area contributed by atoms with Gasteiger partial charge in [0.1, 0.15) is 16.5 Å². The number of ether oxygens (including phenoxy) is 1. The predicted octanol–water partition coefficient (Wildman–Crippen LogP) is 3.64. The monoisotopic (exact) mass is 389 g/mol. The van der Waals surface area contributed by atoms with E-state index in [2.05, 4.69) is 18.7 Å². The van der Waals surface area contributed by atoms with Crippen LogP contribution in [0.1, 0.15) is 31.1 Å². The fraction of sp³-hybridized carbons (Fsp3) is 0.381. The maximum absolute atomic E-state index is 11.7. The number of benzene rings is 2. The first-order chi connectivity index (χ1) is 13.0. The summed E-state index contributed by atoms with van der Waals surface area (Å²) in [6.07, 6.45) is 0.784. The standard InChI is InChI=1S/C21H27NO4S/c1-4-22(5-2)20-12-21(26-14-16(3)15-27(24)25)18(13-23)11-19(20)17-9-7-6-8-10-17/h6-13,16,27H,4-5,14-15H2,1-3H3. The van der Waals surface area contributed by atoms with E-state index in [0.29, 0.717) is 11.3 Å². The second-order valence-corrected chi connectivity index (χ2v) is 7.53. The molecular weight excluding hydrogens is 362 g/mol. The highest BCUT2D eigenvalue weighted by atomic mass is 32.2. The van der Waals surface area contributed by atoms with Crippen molar-refractivity contribution in [1.29, 1.82) is 0 Å². The molecule has 0 N–H and O–H groups in total. The Bertz CT molecular complexity index is 822. The molecule has 2 aromatic carbocycles. The van der Waals surface area contributed by atoms with Gasteiger partial charge in [-0.15, -0.1) is 0 Å². The van der Waals surface area contributed by atoms with E-state index in [9.17, 15) is 13.2 Å². The summed E-state index contributed by atoms with van der Waals surface area (Å²) in [5, 5.41) is 0. The molecule has 5 nitrogen and oxygen atoms in total. The molecule has 0 aliphatic heterocycles. The van der Waals surface area contributed by atoms with Gasteiger partial charge in [-0.25, -0.2) is 8.42 Å². The molecule has 1 atom stereocenters. The van der Waals surface area contributed by atoms with Crippen molar-refractivity contribution >= 4 is 22.7 Å². The smallest absolute Gasteiger partial charge is 0.153 e. The van der Waals surface area contributed by atoms with Crippen molar-refractivity contribution in [1.82, 2.24) is 0 Å². The van der Waals surface area contributed by atoms with E-state index in [0.717, 1.165) is 36.2 Å². The minimum atomic E-state index is -2.45. The molecule has 0 aliphatic rings. The van der Waals surface area contributed by atoms with E-state index in [1.165, 1.54) is 0 Å². The minimum Gasteiger partial charge on any atom is -0.492 e. The molecule has 0 heterocycles. The zero-order valence-corrected chi connectivity index (χ0v) is 16.9. The van der Waals surface area contributed by atoms with E-state index in [-0.39, 0.29) is 18.3 Å². The molecule has 0 saturated carbocycles. The quantitative estimate of drug-likeness (QED) is 0.496. The van der Waals surface area contributed by atoms with Gasteiger partial charge in [-0.1, -0.05) is 37.3 Å². The Morgan fingerprint density at radius 3 is 2.33 bits per heavy atom. The van der Waals surface area contributed by atoms with Crippen LogP contribution in [0.25, 0.3) is 11.1 Å². The minimum absolute atomic E-state index is 0.0662. The van der Waals surface area contributed by atoms with Gasteiger partial charge in [0.05, 0.1) is 17.9 Å². The molecule has 0 amide bonds. The van der Waals surface area contributed by atoms with E-state index in [1.54, 1.807) is 0 Å². The number of hydrogen-bond acceptors (Lipinski definition) is 5.